The van der Waals surface area contributed by atoms with Crippen molar-refractivity contribution in [2.24, 2.45) is 0 Å². The van der Waals surface area contributed by atoms with E-state index >= 15 is 0 Å². The number of nitrogens with zero attached hydrogens (tertiary/aromatic N) is 2. The quantitative estimate of drug-likeness (QED) is 0.213. The summed E-state index contributed by atoms with van der Waals surface area (Å²) in [4.78, 5) is 29.5. The normalized spacial score (nSPS) is 11.1. The third-order valence-electron chi connectivity index (χ3n) is 6.00. The van der Waals surface area contributed by atoms with Crippen molar-refractivity contribution >= 4 is 22.6 Å². The van der Waals surface area contributed by atoms with Crippen molar-refractivity contribution in [2.75, 3.05) is 19.8 Å². The summed E-state index contributed by atoms with van der Waals surface area (Å²) in [6.07, 6.45) is 4.39. The number of carbonyl (C=O) groups excluding carboxylic acids is 2. The molecule has 0 aromatic heterocycles. The number of rotatable bonds is 12. The maximum Gasteiger partial charge on any atom is 0.274 e. The molecule has 0 saturated carbocycles. The molecular weight excluding hydrogens is 426 g/mol. The fourth-order valence-electron chi connectivity index (χ4n) is 4.01. The predicted molar refractivity (Wildman–Crippen MR) is 136 cm³/mol. The van der Waals surface area contributed by atoms with Crippen LogP contribution in [0.3, 0.4) is 0 Å². The van der Waals surface area contributed by atoms with Crippen LogP contribution in [0.1, 0.15) is 65.8 Å². The van der Waals surface area contributed by atoms with E-state index in [0.29, 0.717) is 24.3 Å². The van der Waals surface area contributed by atoms with Crippen molar-refractivity contribution in [1.29, 1.82) is 0 Å². The Kier molecular flexibility index (Phi) is 9.62. The molecule has 0 unspecified atom stereocenters. The molecule has 0 atom stereocenters. The molecule has 0 aliphatic carbocycles. The van der Waals surface area contributed by atoms with Gasteiger partial charge in [-0.25, -0.2) is 5.48 Å². The molecule has 34 heavy (non-hydrogen) atoms. The highest BCUT2D eigenvalue weighted by atomic mass is 16.5. The van der Waals surface area contributed by atoms with Crippen LogP contribution in [0.15, 0.2) is 66.7 Å². The van der Waals surface area contributed by atoms with E-state index in [-0.39, 0.29) is 5.91 Å². The first kappa shape index (κ1) is 25.4. The zero-order chi connectivity index (χ0) is 24.3. The molecule has 0 fully saturated rings. The SMILES string of the molecule is CCCCN(CCCC)CN(Cc1ccc2ccccc2c1)C(=O)c1ccc(C(=O)NO)cc1. The van der Waals surface area contributed by atoms with Crippen molar-refractivity contribution in [3.05, 3.63) is 83.4 Å². The van der Waals surface area contributed by atoms with Gasteiger partial charge in [0.1, 0.15) is 0 Å². The summed E-state index contributed by atoms with van der Waals surface area (Å²) in [5.74, 6) is -0.681. The number of hydroxylamine groups is 1. The second kappa shape index (κ2) is 12.9. The van der Waals surface area contributed by atoms with Gasteiger partial charge in [-0.2, -0.15) is 0 Å². The van der Waals surface area contributed by atoms with Gasteiger partial charge in [0.15, 0.2) is 0 Å². The van der Waals surface area contributed by atoms with Gasteiger partial charge in [0.25, 0.3) is 11.8 Å². The lowest BCUT2D eigenvalue weighted by Crippen LogP contribution is -2.42. The Bertz CT molecular complexity index is 1070. The zero-order valence-corrected chi connectivity index (χ0v) is 20.2. The number of nitrogens with one attached hydrogen (secondary N) is 1. The summed E-state index contributed by atoms with van der Waals surface area (Å²) >= 11 is 0. The van der Waals surface area contributed by atoms with E-state index < -0.39 is 5.91 Å². The fraction of sp³-hybridized carbons (Fsp3) is 0.357. The van der Waals surface area contributed by atoms with Crippen LogP contribution in [-0.2, 0) is 6.54 Å². The van der Waals surface area contributed by atoms with Gasteiger partial charge in [0, 0.05) is 17.7 Å². The maximum atomic E-state index is 13.6. The number of fused-ring (bicyclic) bond motifs is 1. The Hall–Kier alpha value is -3.22. The molecular formula is C28H35N3O3. The third-order valence-corrected chi connectivity index (χ3v) is 6.00. The van der Waals surface area contributed by atoms with Crippen molar-refractivity contribution < 1.29 is 14.8 Å². The second-order valence-corrected chi connectivity index (χ2v) is 8.67. The van der Waals surface area contributed by atoms with Crippen molar-refractivity contribution in [2.45, 2.75) is 46.1 Å². The summed E-state index contributed by atoms with van der Waals surface area (Å²) in [5, 5.41) is 11.2. The van der Waals surface area contributed by atoms with Gasteiger partial charge in [-0.3, -0.25) is 19.7 Å². The smallest absolute Gasteiger partial charge is 0.274 e. The van der Waals surface area contributed by atoms with Gasteiger partial charge in [-0.15, -0.1) is 0 Å². The number of carbonyl (C=O) groups is 2. The second-order valence-electron chi connectivity index (χ2n) is 8.67. The monoisotopic (exact) mass is 461 g/mol. The summed E-state index contributed by atoms with van der Waals surface area (Å²) in [7, 11) is 0. The van der Waals surface area contributed by atoms with Gasteiger partial charge in [0.2, 0.25) is 0 Å². The zero-order valence-electron chi connectivity index (χ0n) is 20.2. The van der Waals surface area contributed by atoms with Crippen LogP contribution in [-0.4, -0.2) is 46.6 Å². The van der Waals surface area contributed by atoms with Crippen molar-refractivity contribution in [1.82, 2.24) is 15.3 Å². The summed E-state index contributed by atoms with van der Waals surface area (Å²) in [6, 6.07) is 20.9. The van der Waals surface area contributed by atoms with E-state index in [0.717, 1.165) is 49.7 Å². The molecule has 6 heteroatoms. The fourth-order valence-corrected chi connectivity index (χ4v) is 4.01. The molecule has 3 rings (SSSR count). The standard InChI is InChI=1S/C28H35N3O3/c1-3-5-17-30(18-6-4-2)21-31(20-22-11-12-23-9-7-8-10-26(23)19-22)28(33)25-15-13-24(14-16-25)27(32)29-34/h7-16,19,34H,3-6,17-18,20-21H2,1-2H3,(H,29,32). The molecule has 0 bridgehead atoms. The van der Waals surface area contributed by atoms with Gasteiger partial charge < -0.3 is 4.90 Å². The molecule has 2 N–H and O–H groups in total. The lowest BCUT2D eigenvalue weighted by molar-refractivity contribution is 0.0597. The molecule has 0 heterocycles. The molecule has 3 aromatic rings. The third kappa shape index (κ3) is 6.89. The van der Waals surface area contributed by atoms with Crippen LogP contribution >= 0.6 is 0 Å². The predicted octanol–water partition coefficient (Wildman–Crippen LogP) is 5.46. The first-order chi connectivity index (χ1) is 16.5. The molecule has 0 saturated heterocycles. The summed E-state index contributed by atoms with van der Waals surface area (Å²) < 4.78 is 0. The number of unbranched alkanes of at least 4 members (excludes halogenated alkanes) is 2. The van der Waals surface area contributed by atoms with Gasteiger partial charge >= 0.3 is 0 Å². The van der Waals surface area contributed by atoms with E-state index in [9.17, 15) is 9.59 Å². The molecule has 180 valence electrons. The first-order valence-electron chi connectivity index (χ1n) is 12.1. The molecule has 6 nitrogen and oxygen atoms in total. The van der Waals surface area contributed by atoms with Gasteiger partial charge in [-0.1, -0.05) is 63.1 Å². The molecule has 0 spiro atoms. The topological polar surface area (TPSA) is 72.9 Å². The molecule has 3 aromatic carbocycles. The van der Waals surface area contributed by atoms with Crippen LogP contribution < -0.4 is 5.48 Å². The minimum atomic E-state index is -0.600. The molecule has 0 aliphatic heterocycles. The van der Waals surface area contributed by atoms with Crippen molar-refractivity contribution in [3.63, 3.8) is 0 Å². The lowest BCUT2D eigenvalue weighted by atomic mass is 10.1. The van der Waals surface area contributed by atoms with Crippen LogP contribution in [0.5, 0.6) is 0 Å². The Morgan fingerprint density at radius 3 is 2.06 bits per heavy atom. The summed E-state index contributed by atoms with van der Waals surface area (Å²) in [5.41, 5.74) is 3.52. The highest BCUT2D eigenvalue weighted by molar-refractivity contribution is 5.97. The Morgan fingerprint density at radius 2 is 1.44 bits per heavy atom. The lowest BCUT2D eigenvalue weighted by Gasteiger charge is -2.31. The number of hydrogen-bond donors (Lipinski definition) is 2. The molecule has 0 radical (unpaired) electrons. The van der Waals surface area contributed by atoms with E-state index in [4.69, 9.17) is 5.21 Å². The first-order valence-corrected chi connectivity index (χ1v) is 12.1. The minimum Gasteiger partial charge on any atom is -0.321 e. The number of benzene rings is 3. The van der Waals surface area contributed by atoms with E-state index in [1.807, 2.05) is 17.0 Å². The average molecular weight is 462 g/mol. The largest absolute Gasteiger partial charge is 0.321 e. The van der Waals surface area contributed by atoms with Crippen LogP contribution in [0.4, 0.5) is 0 Å². The Balaban J connectivity index is 1.87. The Morgan fingerprint density at radius 1 is 0.824 bits per heavy atom. The summed E-state index contributed by atoms with van der Waals surface area (Å²) in [6.45, 7) is 7.31. The van der Waals surface area contributed by atoms with E-state index in [2.05, 4.69) is 49.1 Å². The minimum absolute atomic E-state index is 0.0814. The highest BCUT2D eigenvalue weighted by Gasteiger charge is 2.20. The van der Waals surface area contributed by atoms with Crippen LogP contribution in [0.25, 0.3) is 10.8 Å². The van der Waals surface area contributed by atoms with Crippen molar-refractivity contribution in [3.8, 4) is 0 Å². The highest BCUT2D eigenvalue weighted by Crippen LogP contribution is 2.19. The Labute approximate surface area is 202 Å². The van der Waals surface area contributed by atoms with Crippen LogP contribution in [0.2, 0.25) is 0 Å². The number of amides is 2. The molecule has 0 aliphatic rings. The number of hydrogen-bond acceptors (Lipinski definition) is 4. The van der Waals surface area contributed by atoms with E-state index in [1.54, 1.807) is 29.7 Å². The molecule has 2 amide bonds. The van der Waals surface area contributed by atoms with Gasteiger partial charge in [-0.05, 0) is 72.6 Å². The maximum absolute atomic E-state index is 13.6. The average Bonchev–Trinajstić information content (AvgIpc) is 2.88. The van der Waals surface area contributed by atoms with E-state index in [1.165, 1.54) is 5.39 Å². The van der Waals surface area contributed by atoms with Crippen LogP contribution in [0, 0.1) is 0 Å². The van der Waals surface area contributed by atoms with Gasteiger partial charge in [0.05, 0.1) is 6.67 Å².